The monoisotopic (exact) mass is 275 g/mol. The molecule has 0 spiro atoms. The molecule has 7 heteroatoms. The maximum absolute atomic E-state index is 10.4. The van der Waals surface area contributed by atoms with Crippen molar-refractivity contribution in [1.29, 1.82) is 0 Å². The zero-order valence-corrected chi connectivity index (χ0v) is 11.0. The van der Waals surface area contributed by atoms with E-state index < -0.39 is 22.1 Å². The number of benzene rings is 1. The summed E-state index contributed by atoms with van der Waals surface area (Å²) in [6.07, 6.45) is 0. The number of carbonyl (C=O) groups is 1. The van der Waals surface area contributed by atoms with Crippen LogP contribution in [0.2, 0.25) is 0 Å². The van der Waals surface area contributed by atoms with Crippen LogP contribution in [0, 0.1) is 5.92 Å². The number of aliphatic carboxylic acids is 1. The molecule has 0 amide bonds. The van der Waals surface area contributed by atoms with E-state index in [1.807, 2.05) is 0 Å². The molecule has 0 fully saturated rings. The van der Waals surface area contributed by atoms with Gasteiger partial charge in [-0.2, -0.15) is 8.42 Å². The lowest BCUT2D eigenvalue weighted by molar-refractivity contribution is -0.139. The van der Waals surface area contributed by atoms with Crippen molar-refractivity contribution in [2.45, 2.75) is 24.8 Å². The van der Waals surface area contributed by atoms with Crippen LogP contribution < -0.4 is 5.73 Å². The SMILES string of the molecule is CC(C)C(N)C(=O)O.O=S(=O)(O)c1ccccc1. The Balaban J connectivity index is 0.000000331. The van der Waals surface area contributed by atoms with Gasteiger partial charge in [0.2, 0.25) is 0 Å². The van der Waals surface area contributed by atoms with Crippen LogP contribution in [0.25, 0.3) is 0 Å². The summed E-state index contributed by atoms with van der Waals surface area (Å²) in [7, 11) is -4.00. The van der Waals surface area contributed by atoms with Crippen LogP contribution in [0.15, 0.2) is 35.2 Å². The molecule has 0 saturated heterocycles. The lowest BCUT2D eigenvalue weighted by Crippen LogP contribution is -2.34. The molecule has 0 aromatic heterocycles. The van der Waals surface area contributed by atoms with Gasteiger partial charge in [0.1, 0.15) is 6.04 Å². The Morgan fingerprint density at radius 1 is 1.22 bits per heavy atom. The van der Waals surface area contributed by atoms with E-state index in [4.69, 9.17) is 15.4 Å². The van der Waals surface area contributed by atoms with Crippen molar-refractivity contribution in [3.63, 3.8) is 0 Å². The molecule has 0 heterocycles. The van der Waals surface area contributed by atoms with Gasteiger partial charge in [0.15, 0.2) is 0 Å². The molecule has 1 atom stereocenters. The average molecular weight is 275 g/mol. The molecule has 102 valence electrons. The van der Waals surface area contributed by atoms with E-state index in [1.165, 1.54) is 12.1 Å². The molecule has 0 saturated carbocycles. The summed E-state index contributed by atoms with van der Waals surface area (Å²) in [6.45, 7) is 3.55. The molecular weight excluding hydrogens is 258 g/mol. The minimum Gasteiger partial charge on any atom is -0.480 e. The van der Waals surface area contributed by atoms with Crippen molar-refractivity contribution in [3.05, 3.63) is 30.3 Å². The highest BCUT2D eigenvalue weighted by molar-refractivity contribution is 7.85. The smallest absolute Gasteiger partial charge is 0.320 e. The third-order valence-electron chi connectivity index (χ3n) is 2.04. The van der Waals surface area contributed by atoms with E-state index >= 15 is 0 Å². The Hall–Kier alpha value is -1.44. The maximum atomic E-state index is 10.4. The predicted octanol–water partition coefficient (Wildman–Crippen LogP) is 0.988. The summed E-state index contributed by atoms with van der Waals surface area (Å²) >= 11 is 0. The van der Waals surface area contributed by atoms with Gasteiger partial charge in [0.05, 0.1) is 4.90 Å². The molecule has 0 aliphatic heterocycles. The quantitative estimate of drug-likeness (QED) is 0.708. The van der Waals surface area contributed by atoms with Crippen molar-refractivity contribution < 1.29 is 22.9 Å². The number of hydrogen-bond acceptors (Lipinski definition) is 4. The zero-order chi connectivity index (χ0) is 14.3. The van der Waals surface area contributed by atoms with E-state index in [0.717, 1.165) is 0 Å². The molecule has 6 nitrogen and oxygen atoms in total. The fraction of sp³-hybridized carbons (Fsp3) is 0.364. The lowest BCUT2D eigenvalue weighted by atomic mass is 10.1. The lowest BCUT2D eigenvalue weighted by Gasteiger charge is -2.07. The number of carboxylic acid groups (broad SMARTS) is 1. The zero-order valence-electron chi connectivity index (χ0n) is 10.1. The standard InChI is InChI=1S/C6H6O3S.C5H11NO2/c7-10(8,9)6-4-2-1-3-5-6;1-3(2)4(6)5(7)8/h1-5H,(H,7,8,9);3-4H,6H2,1-2H3,(H,7,8). The summed E-state index contributed by atoms with van der Waals surface area (Å²) in [4.78, 5) is 9.94. The van der Waals surface area contributed by atoms with Gasteiger partial charge in [-0.05, 0) is 18.1 Å². The van der Waals surface area contributed by atoms with Crippen LogP contribution >= 0.6 is 0 Å². The van der Waals surface area contributed by atoms with Crippen LogP contribution in [0.5, 0.6) is 0 Å². The summed E-state index contributed by atoms with van der Waals surface area (Å²) in [6, 6.07) is 6.71. The Morgan fingerprint density at radius 3 is 1.83 bits per heavy atom. The Kier molecular flexibility index (Phi) is 6.53. The highest BCUT2D eigenvalue weighted by Crippen LogP contribution is 2.05. The molecule has 0 radical (unpaired) electrons. The number of hydrogen-bond donors (Lipinski definition) is 3. The first kappa shape index (κ1) is 16.6. The highest BCUT2D eigenvalue weighted by atomic mass is 32.2. The van der Waals surface area contributed by atoms with E-state index in [9.17, 15) is 13.2 Å². The van der Waals surface area contributed by atoms with Crippen LogP contribution in [0.4, 0.5) is 0 Å². The second kappa shape index (κ2) is 7.10. The average Bonchev–Trinajstić information content (AvgIpc) is 2.28. The van der Waals surface area contributed by atoms with Crippen molar-refractivity contribution in [1.82, 2.24) is 0 Å². The molecule has 0 bridgehead atoms. The van der Waals surface area contributed by atoms with Gasteiger partial charge in [0, 0.05) is 0 Å². The van der Waals surface area contributed by atoms with Gasteiger partial charge < -0.3 is 10.8 Å². The fourth-order valence-corrected chi connectivity index (χ4v) is 1.38. The fourth-order valence-electron chi connectivity index (χ4n) is 0.878. The van der Waals surface area contributed by atoms with Crippen LogP contribution in [-0.4, -0.2) is 30.1 Å². The van der Waals surface area contributed by atoms with Gasteiger partial charge >= 0.3 is 5.97 Å². The highest BCUT2D eigenvalue weighted by Gasteiger charge is 2.14. The van der Waals surface area contributed by atoms with E-state index in [2.05, 4.69) is 0 Å². The summed E-state index contributed by atoms with van der Waals surface area (Å²) in [5.74, 6) is -0.910. The number of nitrogens with two attached hydrogens (primary N) is 1. The minimum atomic E-state index is -4.00. The van der Waals surface area contributed by atoms with Crippen LogP contribution in [0.1, 0.15) is 13.8 Å². The van der Waals surface area contributed by atoms with Gasteiger partial charge in [-0.3, -0.25) is 9.35 Å². The van der Waals surface area contributed by atoms with Gasteiger partial charge in [-0.1, -0.05) is 32.0 Å². The molecule has 0 aliphatic rings. The molecule has 1 aromatic rings. The predicted molar refractivity (Wildman–Crippen MR) is 66.7 cm³/mol. The van der Waals surface area contributed by atoms with Crippen molar-refractivity contribution >= 4 is 16.1 Å². The van der Waals surface area contributed by atoms with Gasteiger partial charge in [0.25, 0.3) is 10.1 Å². The van der Waals surface area contributed by atoms with Crippen molar-refractivity contribution in [2.75, 3.05) is 0 Å². The van der Waals surface area contributed by atoms with Crippen molar-refractivity contribution in [2.24, 2.45) is 11.7 Å². The largest absolute Gasteiger partial charge is 0.480 e. The molecular formula is C11H17NO5S. The molecule has 0 aliphatic carbocycles. The Morgan fingerprint density at radius 2 is 1.67 bits per heavy atom. The summed E-state index contributed by atoms with van der Waals surface area (Å²) < 4.78 is 29.2. The van der Waals surface area contributed by atoms with Gasteiger partial charge in [-0.15, -0.1) is 0 Å². The maximum Gasteiger partial charge on any atom is 0.320 e. The second-order valence-electron chi connectivity index (χ2n) is 3.90. The second-order valence-corrected chi connectivity index (χ2v) is 5.32. The summed E-state index contributed by atoms with van der Waals surface area (Å²) in [5, 5.41) is 8.23. The van der Waals surface area contributed by atoms with Crippen molar-refractivity contribution in [3.8, 4) is 0 Å². The first-order chi connectivity index (χ1) is 8.16. The van der Waals surface area contributed by atoms with Crippen LogP contribution in [0.3, 0.4) is 0 Å². The number of rotatable bonds is 3. The Bertz CT molecular complexity index is 469. The molecule has 1 aromatic carbocycles. The first-order valence-corrected chi connectivity index (χ1v) is 6.61. The van der Waals surface area contributed by atoms with E-state index in [0.29, 0.717) is 0 Å². The summed E-state index contributed by atoms with van der Waals surface area (Å²) in [5.41, 5.74) is 5.16. The molecule has 1 unspecified atom stereocenters. The van der Waals surface area contributed by atoms with E-state index in [1.54, 1.807) is 32.0 Å². The van der Waals surface area contributed by atoms with Crippen LogP contribution in [-0.2, 0) is 14.9 Å². The molecule has 1 rings (SSSR count). The van der Waals surface area contributed by atoms with E-state index in [-0.39, 0.29) is 10.8 Å². The van der Waals surface area contributed by atoms with Gasteiger partial charge in [-0.25, -0.2) is 0 Å². The Labute approximate surface area is 106 Å². The number of carboxylic acids is 1. The third kappa shape index (κ3) is 6.33. The molecule has 18 heavy (non-hydrogen) atoms. The minimum absolute atomic E-state index is 0.0208. The third-order valence-corrected chi connectivity index (χ3v) is 2.91. The first-order valence-electron chi connectivity index (χ1n) is 5.17. The topological polar surface area (TPSA) is 118 Å². The normalized spacial score (nSPS) is 12.5. The molecule has 4 N–H and O–H groups in total.